The molecule has 0 bridgehead atoms. The molecule has 0 saturated carbocycles. The van der Waals surface area contributed by atoms with Crippen LogP contribution in [0.3, 0.4) is 0 Å². The highest BCUT2D eigenvalue weighted by atomic mass is 32.2. The number of nitrogens with two attached hydrogens (primary N) is 1. The number of rotatable bonds is 5. The Bertz CT molecular complexity index is 707. The van der Waals surface area contributed by atoms with Crippen molar-refractivity contribution in [3.63, 3.8) is 0 Å². The molecule has 0 aliphatic rings. The van der Waals surface area contributed by atoms with Crippen LogP contribution in [0, 0.1) is 6.92 Å². The summed E-state index contributed by atoms with van der Waals surface area (Å²) in [5, 5.41) is 6.74. The smallest absolute Gasteiger partial charge is 0.263 e. The van der Waals surface area contributed by atoms with E-state index < -0.39 is 10.0 Å². The molecule has 0 atom stereocenters. The fourth-order valence-electron chi connectivity index (χ4n) is 1.79. The van der Waals surface area contributed by atoms with Crippen LogP contribution in [0.25, 0.3) is 0 Å². The first-order chi connectivity index (χ1) is 9.42. The van der Waals surface area contributed by atoms with Crippen LogP contribution < -0.4 is 10.5 Å². The molecule has 20 heavy (non-hydrogen) atoms. The molecule has 0 unspecified atom stereocenters. The summed E-state index contributed by atoms with van der Waals surface area (Å²) in [6.07, 6.45) is 1.79. The largest absolute Gasteiger partial charge is 0.398 e. The predicted molar refractivity (Wildman–Crippen MR) is 79.0 cm³/mol. The second-order valence-electron chi connectivity index (χ2n) is 4.65. The van der Waals surface area contributed by atoms with Gasteiger partial charge in [0.2, 0.25) is 0 Å². The number of aromatic amines is 1. The van der Waals surface area contributed by atoms with Crippen molar-refractivity contribution in [2.45, 2.75) is 31.6 Å². The van der Waals surface area contributed by atoms with Crippen LogP contribution in [0.5, 0.6) is 0 Å². The number of hydrogen-bond donors (Lipinski definition) is 3. The summed E-state index contributed by atoms with van der Waals surface area (Å²) in [6.45, 7) is 3.86. The van der Waals surface area contributed by atoms with Gasteiger partial charge in [-0.2, -0.15) is 5.10 Å². The summed E-state index contributed by atoms with van der Waals surface area (Å²) in [6, 6.07) is 6.33. The quantitative estimate of drug-likeness (QED) is 0.735. The van der Waals surface area contributed by atoms with Crippen molar-refractivity contribution in [2.24, 2.45) is 0 Å². The summed E-state index contributed by atoms with van der Waals surface area (Å²) in [4.78, 5) is 0.126. The van der Waals surface area contributed by atoms with E-state index in [1.165, 1.54) is 12.1 Å². The topological polar surface area (TPSA) is 101 Å². The van der Waals surface area contributed by atoms with Gasteiger partial charge in [0.1, 0.15) is 0 Å². The van der Waals surface area contributed by atoms with Gasteiger partial charge in [-0.1, -0.05) is 19.4 Å². The normalized spacial score (nSPS) is 11.5. The molecule has 0 saturated heterocycles. The second kappa shape index (κ2) is 5.54. The van der Waals surface area contributed by atoms with Crippen molar-refractivity contribution in [2.75, 3.05) is 10.5 Å². The number of nitrogens with zero attached hydrogens (tertiary/aromatic N) is 1. The summed E-state index contributed by atoms with van der Waals surface area (Å²) < 4.78 is 26.9. The highest BCUT2D eigenvalue weighted by molar-refractivity contribution is 7.92. The molecular formula is C13H18N4O2S. The van der Waals surface area contributed by atoms with Gasteiger partial charge in [0.05, 0.1) is 4.90 Å². The Morgan fingerprint density at radius 1 is 1.35 bits per heavy atom. The van der Waals surface area contributed by atoms with E-state index in [9.17, 15) is 8.42 Å². The third kappa shape index (κ3) is 3.11. The molecule has 0 fully saturated rings. The molecule has 0 amide bonds. The number of H-pyrrole nitrogens is 1. The maximum atomic E-state index is 12.2. The number of nitrogens with one attached hydrogen (secondary N) is 2. The van der Waals surface area contributed by atoms with Gasteiger partial charge < -0.3 is 5.73 Å². The third-order valence-corrected chi connectivity index (χ3v) is 4.30. The van der Waals surface area contributed by atoms with Crippen LogP contribution in [0.2, 0.25) is 0 Å². The maximum absolute atomic E-state index is 12.2. The Morgan fingerprint density at radius 3 is 2.75 bits per heavy atom. The average molecular weight is 294 g/mol. The SMILES string of the molecule is CCCc1cc(NS(=O)(=O)c2ccc(C)c(N)c2)n[nH]1. The molecule has 1 aromatic heterocycles. The zero-order chi connectivity index (χ0) is 14.8. The number of aryl methyl sites for hydroxylation is 2. The third-order valence-electron chi connectivity index (χ3n) is 2.95. The maximum Gasteiger partial charge on any atom is 0.263 e. The molecule has 0 aliphatic carbocycles. The number of sulfonamides is 1. The molecule has 7 heteroatoms. The number of benzene rings is 1. The highest BCUT2D eigenvalue weighted by Crippen LogP contribution is 2.20. The summed E-state index contributed by atoms with van der Waals surface area (Å²) in [5.74, 6) is 0.285. The summed E-state index contributed by atoms with van der Waals surface area (Å²) in [5.41, 5.74) is 7.92. The standard InChI is InChI=1S/C13H18N4O2S/c1-3-4-10-7-13(16-15-10)17-20(18,19)11-6-5-9(2)12(14)8-11/h5-8H,3-4,14H2,1-2H3,(H2,15,16,17). The van der Waals surface area contributed by atoms with E-state index in [0.717, 1.165) is 24.1 Å². The number of aromatic nitrogens is 2. The lowest BCUT2D eigenvalue weighted by molar-refractivity contribution is 0.601. The lowest BCUT2D eigenvalue weighted by atomic mass is 10.2. The second-order valence-corrected chi connectivity index (χ2v) is 6.33. The van der Waals surface area contributed by atoms with Crippen LogP contribution >= 0.6 is 0 Å². The molecule has 108 valence electrons. The van der Waals surface area contributed by atoms with Crippen molar-refractivity contribution in [1.29, 1.82) is 0 Å². The predicted octanol–water partition coefficient (Wildman–Crippen LogP) is 2.05. The van der Waals surface area contributed by atoms with Crippen molar-refractivity contribution in [3.8, 4) is 0 Å². The number of nitrogen functional groups attached to an aromatic ring is 1. The first kappa shape index (κ1) is 14.4. The molecule has 0 radical (unpaired) electrons. The molecule has 4 N–H and O–H groups in total. The van der Waals surface area contributed by atoms with E-state index >= 15 is 0 Å². The van der Waals surface area contributed by atoms with Gasteiger partial charge in [0.15, 0.2) is 5.82 Å². The van der Waals surface area contributed by atoms with Crippen LogP contribution in [0.15, 0.2) is 29.2 Å². The van der Waals surface area contributed by atoms with E-state index in [-0.39, 0.29) is 10.7 Å². The van der Waals surface area contributed by atoms with Crippen LogP contribution in [-0.4, -0.2) is 18.6 Å². The fraction of sp³-hybridized carbons (Fsp3) is 0.308. The lowest BCUT2D eigenvalue weighted by Gasteiger charge is -2.07. The Morgan fingerprint density at radius 2 is 2.10 bits per heavy atom. The van der Waals surface area contributed by atoms with Gasteiger partial charge >= 0.3 is 0 Å². The zero-order valence-corrected chi connectivity index (χ0v) is 12.3. The first-order valence-corrected chi connectivity index (χ1v) is 7.84. The molecular weight excluding hydrogens is 276 g/mol. The monoisotopic (exact) mass is 294 g/mol. The molecule has 6 nitrogen and oxygen atoms in total. The van der Waals surface area contributed by atoms with E-state index in [4.69, 9.17) is 5.73 Å². The Kier molecular flexibility index (Phi) is 3.99. The van der Waals surface area contributed by atoms with Crippen molar-refractivity contribution in [3.05, 3.63) is 35.5 Å². The minimum atomic E-state index is -3.67. The van der Waals surface area contributed by atoms with Gasteiger partial charge in [-0.3, -0.25) is 9.82 Å². The van der Waals surface area contributed by atoms with Gasteiger partial charge in [-0.15, -0.1) is 0 Å². The van der Waals surface area contributed by atoms with E-state index in [2.05, 4.69) is 14.9 Å². The van der Waals surface area contributed by atoms with Crippen molar-refractivity contribution >= 4 is 21.5 Å². The Hall–Kier alpha value is -2.02. The number of anilines is 2. The molecule has 2 aromatic rings. The van der Waals surface area contributed by atoms with Crippen LogP contribution in [0.4, 0.5) is 11.5 Å². The van der Waals surface area contributed by atoms with E-state index in [1.54, 1.807) is 12.1 Å². The van der Waals surface area contributed by atoms with Gasteiger partial charge in [0, 0.05) is 17.4 Å². The van der Waals surface area contributed by atoms with Crippen molar-refractivity contribution in [1.82, 2.24) is 10.2 Å². The van der Waals surface area contributed by atoms with E-state index in [0.29, 0.717) is 5.69 Å². The summed E-state index contributed by atoms with van der Waals surface area (Å²) >= 11 is 0. The minimum Gasteiger partial charge on any atom is -0.398 e. The Labute approximate surface area is 118 Å². The molecule has 1 heterocycles. The van der Waals surface area contributed by atoms with Crippen LogP contribution in [-0.2, 0) is 16.4 Å². The highest BCUT2D eigenvalue weighted by Gasteiger charge is 2.16. The first-order valence-electron chi connectivity index (χ1n) is 6.35. The molecule has 0 aliphatic heterocycles. The van der Waals surface area contributed by atoms with Gasteiger partial charge in [-0.25, -0.2) is 8.42 Å². The van der Waals surface area contributed by atoms with Crippen LogP contribution in [0.1, 0.15) is 24.6 Å². The zero-order valence-electron chi connectivity index (χ0n) is 11.5. The van der Waals surface area contributed by atoms with Gasteiger partial charge in [-0.05, 0) is 31.0 Å². The minimum absolute atomic E-state index is 0.126. The lowest BCUT2D eigenvalue weighted by Crippen LogP contribution is -2.13. The van der Waals surface area contributed by atoms with Gasteiger partial charge in [0.25, 0.3) is 10.0 Å². The Balaban J connectivity index is 2.23. The average Bonchev–Trinajstić information content (AvgIpc) is 2.79. The molecule has 1 aromatic carbocycles. The van der Waals surface area contributed by atoms with E-state index in [1.807, 2.05) is 13.8 Å². The molecule has 0 spiro atoms. The fourth-order valence-corrected chi connectivity index (χ4v) is 2.82. The summed E-state index contributed by atoms with van der Waals surface area (Å²) in [7, 11) is -3.67. The molecule has 2 rings (SSSR count). The number of hydrogen-bond acceptors (Lipinski definition) is 4. The van der Waals surface area contributed by atoms with Crippen molar-refractivity contribution < 1.29 is 8.42 Å².